The van der Waals surface area contributed by atoms with Crippen LogP contribution in [0.15, 0.2) is 0 Å². The van der Waals surface area contributed by atoms with E-state index in [-0.39, 0.29) is 0 Å². The van der Waals surface area contributed by atoms with E-state index in [2.05, 4.69) is 18.9 Å². The second kappa shape index (κ2) is 7.56. The average molecular weight is 173 g/mol. The van der Waals surface area contributed by atoms with Crippen LogP contribution in [-0.4, -0.2) is 31.8 Å². The fourth-order valence-electron chi connectivity index (χ4n) is 1.25. The lowest BCUT2D eigenvalue weighted by Gasteiger charge is -2.10. The van der Waals surface area contributed by atoms with Crippen molar-refractivity contribution < 1.29 is 4.74 Å². The Labute approximate surface area is 76.9 Å². The van der Waals surface area contributed by atoms with E-state index in [1.807, 2.05) is 13.8 Å². The largest absolute Gasteiger partial charge is 0.366 e. The standard InChI is InChI=1S/C8H17NO.C2H6/c1-3-8-4-5-9(2)7-10-6-8;1-2/h8H,3-7H2,1-2H3;1-2H3. The smallest absolute Gasteiger partial charge is 0.0987 e. The van der Waals surface area contributed by atoms with Crippen molar-refractivity contribution in [1.82, 2.24) is 4.90 Å². The SMILES string of the molecule is CC.CCC1CCN(C)COC1. The number of rotatable bonds is 1. The molecule has 1 aliphatic rings. The van der Waals surface area contributed by atoms with E-state index in [1.165, 1.54) is 19.4 Å². The summed E-state index contributed by atoms with van der Waals surface area (Å²) < 4.78 is 5.44. The Morgan fingerprint density at radius 1 is 1.42 bits per heavy atom. The molecular weight excluding hydrogens is 150 g/mol. The maximum absolute atomic E-state index is 5.44. The molecule has 0 radical (unpaired) electrons. The van der Waals surface area contributed by atoms with E-state index >= 15 is 0 Å². The van der Waals surface area contributed by atoms with E-state index in [0.717, 1.165) is 19.3 Å². The fourth-order valence-corrected chi connectivity index (χ4v) is 1.25. The molecule has 1 unspecified atom stereocenters. The first-order valence-electron chi connectivity index (χ1n) is 5.09. The first-order chi connectivity index (χ1) is 5.83. The zero-order valence-electron chi connectivity index (χ0n) is 8.97. The van der Waals surface area contributed by atoms with Crippen molar-refractivity contribution in [2.24, 2.45) is 5.92 Å². The van der Waals surface area contributed by atoms with Gasteiger partial charge in [-0.3, -0.25) is 4.90 Å². The molecule has 0 bridgehead atoms. The van der Waals surface area contributed by atoms with Crippen molar-refractivity contribution in [2.75, 3.05) is 26.9 Å². The van der Waals surface area contributed by atoms with Gasteiger partial charge in [-0.1, -0.05) is 27.2 Å². The third kappa shape index (κ3) is 4.73. The Balaban J connectivity index is 0.000000561. The van der Waals surface area contributed by atoms with Gasteiger partial charge in [0.1, 0.15) is 0 Å². The predicted molar refractivity (Wildman–Crippen MR) is 53.2 cm³/mol. The van der Waals surface area contributed by atoms with Gasteiger partial charge in [0.05, 0.1) is 13.3 Å². The minimum absolute atomic E-state index is 0.796. The second-order valence-corrected chi connectivity index (χ2v) is 3.14. The molecule has 12 heavy (non-hydrogen) atoms. The third-order valence-corrected chi connectivity index (χ3v) is 2.16. The molecule has 1 aliphatic heterocycles. The molecule has 2 nitrogen and oxygen atoms in total. The molecule has 0 aromatic heterocycles. The summed E-state index contributed by atoms with van der Waals surface area (Å²) in [7, 11) is 2.11. The van der Waals surface area contributed by atoms with Gasteiger partial charge in [0.25, 0.3) is 0 Å². The van der Waals surface area contributed by atoms with Crippen LogP contribution in [0.4, 0.5) is 0 Å². The first-order valence-corrected chi connectivity index (χ1v) is 5.09. The van der Waals surface area contributed by atoms with E-state index in [0.29, 0.717) is 0 Å². The topological polar surface area (TPSA) is 12.5 Å². The van der Waals surface area contributed by atoms with Crippen molar-refractivity contribution in [3.8, 4) is 0 Å². The van der Waals surface area contributed by atoms with Crippen molar-refractivity contribution in [1.29, 1.82) is 0 Å². The summed E-state index contributed by atoms with van der Waals surface area (Å²) >= 11 is 0. The van der Waals surface area contributed by atoms with Crippen molar-refractivity contribution in [3.05, 3.63) is 0 Å². The van der Waals surface area contributed by atoms with Gasteiger partial charge < -0.3 is 4.74 Å². The number of ether oxygens (including phenoxy) is 1. The molecule has 0 saturated carbocycles. The maximum atomic E-state index is 5.44. The van der Waals surface area contributed by atoms with Gasteiger partial charge in [0.2, 0.25) is 0 Å². The van der Waals surface area contributed by atoms with Crippen LogP contribution < -0.4 is 0 Å². The summed E-state index contributed by atoms with van der Waals surface area (Å²) in [6, 6.07) is 0. The lowest BCUT2D eigenvalue weighted by molar-refractivity contribution is 0.0519. The molecule has 1 atom stereocenters. The van der Waals surface area contributed by atoms with Crippen molar-refractivity contribution >= 4 is 0 Å². The summed E-state index contributed by atoms with van der Waals surface area (Å²) in [6.07, 6.45) is 2.56. The highest BCUT2D eigenvalue weighted by Crippen LogP contribution is 2.12. The summed E-state index contributed by atoms with van der Waals surface area (Å²) in [4.78, 5) is 2.23. The van der Waals surface area contributed by atoms with E-state index in [1.54, 1.807) is 0 Å². The summed E-state index contributed by atoms with van der Waals surface area (Å²) in [6.45, 7) is 9.20. The van der Waals surface area contributed by atoms with Gasteiger partial charge in [0, 0.05) is 6.54 Å². The van der Waals surface area contributed by atoms with E-state index in [9.17, 15) is 0 Å². The van der Waals surface area contributed by atoms with Crippen LogP contribution in [0, 0.1) is 5.92 Å². The monoisotopic (exact) mass is 173 g/mol. The molecule has 1 saturated heterocycles. The zero-order chi connectivity index (χ0) is 9.40. The van der Waals surface area contributed by atoms with Gasteiger partial charge >= 0.3 is 0 Å². The highest BCUT2D eigenvalue weighted by atomic mass is 16.5. The highest BCUT2D eigenvalue weighted by Gasteiger charge is 2.12. The molecule has 2 heteroatoms. The van der Waals surface area contributed by atoms with E-state index in [4.69, 9.17) is 4.74 Å². The van der Waals surface area contributed by atoms with Crippen LogP contribution in [0.25, 0.3) is 0 Å². The van der Waals surface area contributed by atoms with Crippen LogP contribution in [0.5, 0.6) is 0 Å². The normalized spacial score (nSPS) is 25.5. The highest BCUT2D eigenvalue weighted by molar-refractivity contribution is 4.61. The molecule has 0 aliphatic carbocycles. The minimum atomic E-state index is 0.796. The Morgan fingerprint density at radius 2 is 2.08 bits per heavy atom. The molecule has 0 amide bonds. The van der Waals surface area contributed by atoms with Crippen LogP contribution in [0.1, 0.15) is 33.6 Å². The second-order valence-electron chi connectivity index (χ2n) is 3.14. The number of nitrogens with zero attached hydrogens (tertiary/aromatic N) is 1. The summed E-state index contributed by atoms with van der Waals surface area (Å²) in [5, 5.41) is 0. The quantitative estimate of drug-likeness (QED) is 0.603. The Hall–Kier alpha value is -0.0800. The molecular formula is C10H23NO. The Bertz CT molecular complexity index is 95.8. The molecule has 0 spiro atoms. The van der Waals surface area contributed by atoms with Crippen LogP contribution in [0.3, 0.4) is 0 Å². The van der Waals surface area contributed by atoms with Crippen LogP contribution >= 0.6 is 0 Å². The summed E-state index contributed by atoms with van der Waals surface area (Å²) in [5.74, 6) is 0.796. The Morgan fingerprint density at radius 3 is 2.67 bits per heavy atom. The zero-order valence-corrected chi connectivity index (χ0v) is 8.97. The van der Waals surface area contributed by atoms with Gasteiger partial charge in [-0.15, -0.1) is 0 Å². The molecule has 0 N–H and O–H groups in total. The van der Waals surface area contributed by atoms with Gasteiger partial charge in [-0.25, -0.2) is 0 Å². The fraction of sp³-hybridized carbons (Fsp3) is 1.00. The van der Waals surface area contributed by atoms with Gasteiger partial charge in [-0.05, 0) is 19.4 Å². The number of hydrogen-bond acceptors (Lipinski definition) is 2. The third-order valence-electron chi connectivity index (χ3n) is 2.16. The average Bonchev–Trinajstić information content (AvgIpc) is 2.33. The van der Waals surface area contributed by atoms with Crippen molar-refractivity contribution in [2.45, 2.75) is 33.6 Å². The Kier molecular flexibility index (Phi) is 7.51. The van der Waals surface area contributed by atoms with Crippen molar-refractivity contribution in [3.63, 3.8) is 0 Å². The number of hydrogen-bond donors (Lipinski definition) is 0. The van der Waals surface area contributed by atoms with Crippen LogP contribution in [-0.2, 0) is 4.74 Å². The molecule has 1 heterocycles. The molecule has 1 rings (SSSR count). The molecule has 0 aromatic carbocycles. The lowest BCUT2D eigenvalue weighted by atomic mass is 10.0. The van der Waals surface area contributed by atoms with E-state index < -0.39 is 0 Å². The molecule has 1 fully saturated rings. The molecule has 74 valence electrons. The minimum Gasteiger partial charge on any atom is -0.366 e. The predicted octanol–water partition coefficient (Wildman–Crippen LogP) is 2.35. The maximum Gasteiger partial charge on any atom is 0.0987 e. The van der Waals surface area contributed by atoms with Gasteiger partial charge in [-0.2, -0.15) is 0 Å². The van der Waals surface area contributed by atoms with Crippen LogP contribution in [0.2, 0.25) is 0 Å². The first kappa shape index (κ1) is 11.9. The van der Waals surface area contributed by atoms with Gasteiger partial charge in [0.15, 0.2) is 0 Å². The molecule has 0 aromatic rings. The summed E-state index contributed by atoms with van der Waals surface area (Å²) in [5.41, 5.74) is 0. The lowest BCUT2D eigenvalue weighted by Crippen LogP contribution is -2.19.